The number of hydrogen-bond donors (Lipinski definition) is 1. The second-order valence-electron chi connectivity index (χ2n) is 4.13. The maximum atomic E-state index is 12.9. The zero-order chi connectivity index (χ0) is 9.97. The van der Waals surface area contributed by atoms with Crippen molar-refractivity contribution in [2.45, 2.75) is 25.8 Å². The van der Waals surface area contributed by atoms with Crippen LogP contribution in [0.3, 0.4) is 0 Å². The zero-order valence-corrected chi connectivity index (χ0v) is 8.46. The van der Waals surface area contributed by atoms with E-state index in [1.54, 1.807) is 12.1 Å². The van der Waals surface area contributed by atoms with Crippen LogP contribution in [0.4, 0.5) is 4.39 Å². The van der Waals surface area contributed by atoms with Gasteiger partial charge in [-0.25, -0.2) is 4.39 Å². The van der Waals surface area contributed by atoms with Crippen LogP contribution in [-0.2, 0) is 0 Å². The van der Waals surface area contributed by atoms with Gasteiger partial charge in [-0.2, -0.15) is 0 Å². The number of nitrogens with one attached hydrogen (secondary N) is 1. The minimum absolute atomic E-state index is 0.150. The molecule has 0 saturated heterocycles. The second-order valence-corrected chi connectivity index (χ2v) is 4.13. The zero-order valence-electron chi connectivity index (χ0n) is 8.46. The molecule has 0 radical (unpaired) electrons. The molecule has 0 spiro atoms. The van der Waals surface area contributed by atoms with E-state index in [9.17, 15) is 4.39 Å². The molecule has 14 heavy (non-hydrogen) atoms. The summed E-state index contributed by atoms with van der Waals surface area (Å²) < 4.78 is 12.9. The molecule has 1 fully saturated rings. The topological polar surface area (TPSA) is 12.0 Å². The quantitative estimate of drug-likeness (QED) is 0.775. The summed E-state index contributed by atoms with van der Waals surface area (Å²) in [7, 11) is 0. The number of hydrogen-bond acceptors (Lipinski definition) is 1. The van der Waals surface area contributed by atoms with Crippen LogP contribution in [-0.4, -0.2) is 6.54 Å². The van der Waals surface area contributed by atoms with Crippen molar-refractivity contribution in [1.29, 1.82) is 0 Å². The standard InChI is InChI=1S/C12H16FN/c1-9(14-8-10-5-6-10)11-3-2-4-12(13)7-11/h2-4,7,9-10,14H,5-6,8H2,1H3/t9-/m1/s1. The van der Waals surface area contributed by atoms with Gasteiger partial charge in [0.25, 0.3) is 0 Å². The van der Waals surface area contributed by atoms with Gasteiger partial charge in [0, 0.05) is 6.04 Å². The van der Waals surface area contributed by atoms with Gasteiger partial charge in [-0.05, 0) is 49.9 Å². The minimum atomic E-state index is -0.150. The molecule has 1 aromatic rings. The van der Waals surface area contributed by atoms with Gasteiger partial charge in [-0.15, -0.1) is 0 Å². The van der Waals surface area contributed by atoms with Gasteiger partial charge in [0.05, 0.1) is 0 Å². The Morgan fingerprint density at radius 2 is 2.29 bits per heavy atom. The second kappa shape index (κ2) is 4.09. The van der Waals surface area contributed by atoms with E-state index in [1.165, 1.54) is 18.9 Å². The molecule has 1 aliphatic rings. The van der Waals surface area contributed by atoms with Crippen molar-refractivity contribution in [2.24, 2.45) is 5.92 Å². The molecule has 2 heteroatoms. The summed E-state index contributed by atoms with van der Waals surface area (Å²) in [6.07, 6.45) is 2.70. The average molecular weight is 193 g/mol. The Morgan fingerprint density at radius 1 is 1.50 bits per heavy atom. The highest BCUT2D eigenvalue weighted by molar-refractivity contribution is 5.19. The minimum Gasteiger partial charge on any atom is -0.310 e. The Bertz CT molecular complexity index is 307. The molecule has 0 bridgehead atoms. The van der Waals surface area contributed by atoms with Crippen LogP contribution in [0.5, 0.6) is 0 Å². The molecule has 1 nitrogen and oxygen atoms in total. The van der Waals surface area contributed by atoms with Gasteiger partial charge in [0.15, 0.2) is 0 Å². The molecule has 0 aliphatic heterocycles. The van der Waals surface area contributed by atoms with Gasteiger partial charge < -0.3 is 5.32 Å². The van der Waals surface area contributed by atoms with E-state index in [4.69, 9.17) is 0 Å². The summed E-state index contributed by atoms with van der Waals surface area (Å²) in [4.78, 5) is 0. The average Bonchev–Trinajstić information content (AvgIpc) is 2.97. The lowest BCUT2D eigenvalue weighted by Crippen LogP contribution is -2.21. The molecule has 0 unspecified atom stereocenters. The van der Waals surface area contributed by atoms with Crippen LogP contribution < -0.4 is 5.32 Å². The number of rotatable bonds is 4. The van der Waals surface area contributed by atoms with Crippen LogP contribution in [0, 0.1) is 11.7 Å². The van der Waals surface area contributed by atoms with Crippen molar-refractivity contribution in [3.05, 3.63) is 35.6 Å². The molecule has 1 N–H and O–H groups in total. The van der Waals surface area contributed by atoms with E-state index < -0.39 is 0 Å². The first-order chi connectivity index (χ1) is 6.75. The van der Waals surface area contributed by atoms with Crippen molar-refractivity contribution >= 4 is 0 Å². The predicted molar refractivity (Wildman–Crippen MR) is 55.5 cm³/mol. The van der Waals surface area contributed by atoms with E-state index in [0.717, 1.165) is 18.0 Å². The Hall–Kier alpha value is -0.890. The summed E-state index contributed by atoms with van der Waals surface area (Å²) in [5.74, 6) is 0.716. The predicted octanol–water partition coefficient (Wildman–Crippen LogP) is 2.89. The van der Waals surface area contributed by atoms with E-state index in [-0.39, 0.29) is 11.9 Å². The molecule has 2 rings (SSSR count). The summed E-state index contributed by atoms with van der Waals surface area (Å²) >= 11 is 0. The molecule has 1 saturated carbocycles. The van der Waals surface area contributed by atoms with Crippen molar-refractivity contribution in [2.75, 3.05) is 6.54 Å². The Labute approximate surface area is 84.3 Å². The van der Waals surface area contributed by atoms with Crippen molar-refractivity contribution in [1.82, 2.24) is 5.32 Å². The Morgan fingerprint density at radius 3 is 2.93 bits per heavy atom. The third-order valence-electron chi connectivity index (χ3n) is 2.76. The van der Waals surface area contributed by atoms with Crippen LogP contribution in [0.1, 0.15) is 31.4 Å². The molecular formula is C12H16FN. The molecule has 1 atom stereocenters. The van der Waals surface area contributed by atoms with Gasteiger partial charge in [-0.1, -0.05) is 12.1 Å². The largest absolute Gasteiger partial charge is 0.310 e. The van der Waals surface area contributed by atoms with Crippen molar-refractivity contribution in [3.63, 3.8) is 0 Å². The summed E-state index contributed by atoms with van der Waals surface area (Å²) in [6, 6.07) is 7.07. The Kier molecular flexibility index (Phi) is 2.82. The highest BCUT2D eigenvalue weighted by atomic mass is 19.1. The van der Waals surface area contributed by atoms with E-state index in [2.05, 4.69) is 12.2 Å². The Balaban J connectivity index is 1.91. The third-order valence-corrected chi connectivity index (χ3v) is 2.76. The van der Waals surface area contributed by atoms with Gasteiger partial charge >= 0.3 is 0 Å². The van der Waals surface area contributed by atoms with E-state index in [0.29, 0.717) is 0 Å². The monoisotopic (exact) mass is 193 g/mol. The van der Waals surface area contributed by atoms with Gasteiger partial charge in [0.2, 0.25) is 0 Å². The number of halogens is 1. The third kappa shape index (κ3) is 2.55. The lowest BCUT2D eigenvalue weighted by atomic mass is 10.1. The van der Waals surface area contributed by atoms with E-state index in [1.807, 2.05) is 6.07 Å². The molecule has 1 aromatic carbocycles. The first-order valence-electron chi connectivity index (χ1n) is 5.24. The molecular weight excluding hydrogens is 177 g/mol. The smallest absolute Gasteiger partial charge is 0.123 e. The summed E-state index contributed by atoms with van der Waals surface area (Å²) in [5.41, 5.74) is 1.03. The van der Waals surface area contributed by atoms with Gasteiger partial charge in [0.1, 0.15) is 5.82 Å². The van der Waals surface area contributed by atoms with Crippen LogP contribution in [0.25, 0.3) is 0 Å². The normalized spacial score (nSPS) is 18.1. The van der Waals surface area contributed by atoms with Crippen LogP contribution >= 0.6 is 0 Å². The lowest BCUT2D eigenvalue weighted by Gasteiger charge is -2.13. The maximum Gasteiger partial charge on any atom is 0.123 e. The highest BCUT2D eigenvalue weighted by Crippen LogP contribution is 2.28. The first kappa shape index (κ1) is 9.66. The SMILES string of the molecule is C[C@@H](NCC1CC1)c1cccc(F)c1. The lowest BCUT2D eigenvalue weighted by molar-refractivity contribution is 0.543. The van der Waals surface area contributed by atoms with Crippen molar-refractivity contribution in [3.8, 4) is 0 Å². The molecule has 76 valence electrons. The van der Waals surface area contributed by atoms with Crippen LogP contribution in [0.2, 0.25) is 0 Å². The highest BCUT2D eigenvalue weighted by Gasteiger charge is 2.21. The van der Waals surface area contributed by atoms with Crippen LogP contribution in [0.15, 0.2) is 24.3 Å². The summed E-state index contributed by atoms with van der Waals surface area (Å²) in [5, 5.41) is 3.42. The van der Waals surface area contributed by atoms with Crippen molar-refractivity contribution < 1.29 is 4.39 Å². The fourth-order valence-electron chi connectivity index (χ4n) is 1.56. The molecule has 0 aromatic heterocycles. The fraction of sp³-hybridized carbons (Fsp3) is 0.500. The molecule has 0 amide bonds. The van der Waals surface area contributed by atoms with E-state index >= 15 is 0 Å². The first-order valence-corrected chi connectivity index (χ1v) is 5.24. The molecule has 1 aliphatic carbocycles. The van der Waals surface area contributed by atoms with Gasteiger partial charge in [-0.3, -0.25) is 0 Å². The number of benzene rings is 1. The fourth-order valence-corrected chi connectivity index (χ4v) is 1.56. The molecule has 0 heterocycles. The summed E-state index contributed by atoms with van der Waals surface area (Å²) in [6.45, 7) is 3.15. The maximum absolute atomic E-state index is 12.9.